The molecule has 3 aliphatic rings. The first-order valence-electron chi connectivity index (χ1n) is 14.5. The summed E-state index contributed by atoms with van der Waals surface area (Å²) in [6.45, 7) is 2.21. The van der Waals surface area contributed by atoms with Gasteiger partial charge in [0.2, 0.25) is 5.91 Å². The number of alkyl halides is 1. The van der Waals surface area contributed by atoms with Gasteiger partial charge in [-0.2, -0.15) is 0 Å². The Morgan fingerprint density at radius 3 is 2.51 bits per heavy atom. The van der Waals surface area contributed by atoms with E-state index in [1.165, 1.54) is 19.3 Å². The van der Waals surface area contributed by atoms with E-state index in [0.29, 0.717) is 36.1 Å². The minimum Gasteiger partial charge on any atom is -0.459 e. The Morgan fingerprint density at radius 1 is 1.05 bits per heavy atom. The van der Waals surface area contributed by atoms with Crippen molar-refractivity contribution in [2.75, 3.05) is 13.2 Å². The van der Waals surface area contributed by atoms with Crippen LogP contribution in [0.3, 0.4) is 0 Å². The van der Waals surface area contributed by atoms with Crippen LogP contribution in [0.2, 0.25) is 0 Å². The van der Waals surface area contributed by atoms with E-state index >= 15 is 0 Å². The number of ketones is 1. The van der Waals surface area contributed by atoms with Gasteiger partial charge in [0.25, 0.3) is 0 Å². The van der Waals surface area contributed by atoms with E-state index in [1.807, 2.05) is 36.1 Å². The van der Waals surface area contributed by atoms with E-state index < -0.39 is 0 Å². The average Bonchev–Trinajstić information content (AvgIpc) is 3.57. The zero-order valence-corrected chi connectivity index (χ0v) is 22.2. The maximum atomic E-state index is 13.9. The van der Waals surface area contributed by atoms with E-state index in [9.17, 15) is 19.1 Å². The van der Waals surface area contributed by atoms with Gasteiger partial charge in [-0.15, -0.1) is 0 Å². The van der Waals surface area contributed by atoms with Gasteiger partial charge in [-0.25, -0.2) is 0 Å². The summed E-state index contributed by atoms with van der Waals surface area (Å²) in [5.74, 6) is 1.97. The molecule has 37 heavy (non-hydrogen) atoms. The number of carbonyl (C=O) groups is 2. The summed E-state index contributed by atoms with van der Waals surface area (Å²) in [5, 5.41) is 10.3. The second-order valence-corrected chi connectivity index (χ2v) is 12.0. The van der Waals surface area contributed by atoms with Crippen molar-refractivity contribution >= 4 is 22.7 Å². The van der Waals surface area contributed by atoms with Gasteiger partial charge < -0.3 is 14.4 Å². The number of halogens is 1. The van der Waals surface area contributed by atoms with Gasteiger partial charge in [0, 0.05) is 24.3 Å². The lowest BCUT2D eigenvalue weighted by Gasteiger charge is -2.37. The van der Waals surface area contributed by atoms with E-state index in [2.05, 4.69) is 0 Å². The highest BCUT2D eigenvalue weighted by molar-refractivity contribution is 5.92. The van der Waals surface area contributed by atoms with Gasteiger partial charge >= 0.3 is 0 Å². The minimum atomic E-state index is -0.342. The topological polar surface area (TPSA) is 70.8 Å². The van der Waals surface area contributed by atoms with Crippen molar-refractivity contribution in [3.05, 3.63) is 35.6 Å². The molecule has 1 saturated heterocycles. The van der Waals surface area contributed by atoms with Gasteiger partial charge in [0.05, 0.1) is 12.7 Å². The SMILES string of the molecule is CC(CF)C1CCC(C(=O)N2CC[C@@H](C3CCCCC3)[C@H]2C(=O)Cc2ccc3oc(CO)cc3c2)CC1. The van der Waals surface area contributed by atoms with Crippen molar-refractivity contribution in [1.29, 1.82) is 0 Å². The summed E-state index contributed by atoms with van der Waals surface area (Å²) in [6, 6.07) is 7.24. The number of rotatable bonds is 8. The Hall–Kier alpha value is -2.21. The van der Waals surface area contributed by atoms with Gasteiger partial charge in [-0.05, 0) is 79.5 Å². The smallest absolute Gasteiger partial charge is 0.226 e. The van der Waals surface area contributed by atoms with Crippen LogP contribution in [0.4, 0.5) is 4.39 Å². The molecule has 5 rings (SSSR count). The summed E-state index contributed by atoms with van der Waals surface area (Å²) in [7, 11) is 0. The number of aliphatic hydroxyl groups is 1. The lowest BCUT2D eigenvalue weighted by molar-refractivity contribution is -0.143. The van der Waals surface area contributed by atoms with E-state index in [4.69, 9.17) is 4.42 Å². The Kier molecular flexibility index (Phi) is 8.33. The first kappa shape index (κ1) is 26.4. The molecule has 1 aliphatic heterocycles. The number of hydrogen-bond donors (Lipinski definition) is 1. The molecule has 0 bridgehead atoms. The number of Topliss-reactive ketones (excluding diaryl/α,β-unsaturated/α-hetero) is 1. The number of benzene rings is 1. The van der Waals surface area contributed by atoms with Gasteiger partial charge in [0.1, 0.15) is 18.0 Å². The van der Waals surface area contributed by atoms with Crippen molar-refractivity contribution < 1.29 is 23.5 Å². The molecule has 0 radical (unpaired) electrons. The lowest BCUT2D eigenvalue weighted by Crippen LogP contribution is -2.48. The van der Waals surface area contributed by atoms with E-state index in [-0.39, 0.29) is 48.8 Å². The quantitative estimate of drug-likeness (QED) is 0.455. The van der Waals surface area contributed by atoms with Crippen LogP contribution < -0.4 is 0 Å². The largest absolute Gasteiger partial charge is 0.459 e. The molecule has 3 fully saturated rings. The Bertz CT molecular complexity index is 1080. The van der Waals surface area contributed by atoms with Crippen LogP contribution in [-0.4, -0.2) is 41.0 Å². The highest BCUT2D eigenvalue weighted by Gasteiger charge is 2.46. The fourth-order valence-corrected chi connectivity index (χ4v) is 7.47. The molecule has 6 heteroatoms. The molecule has 3 atom stereocenters. The Labute approximate surface area is 219 Å². The standard InChI is InChI=1S/C31H42FNO4/c1-20(18-32)22-8-10-24(11-9-22)31(36)33-14-13-27(23-5-3-2-4-6-23)30(33)28(35)16-21-7-12-29-25(15-21)17-26(19-34)37-29/h7,12,15,17,20,22-24,27,30,34H,2-6,8-11,13-14,16,18-19H2,1H3/t20?,22?,24?,27-,30-/m0/s1. The zero-order valence-electron chi connectivity index (χ0n) is 22.2. The molecule has 2 heterocycles. The number of hydrogen-bond acceptors (Lipinski definition) is 4. The predicted molar refractivity (Wildman–Crippen MR) is 142 cm³/mol. The predicted octanol–water partition coefficient (Wildman–Crippen LogP) is 6.25. The third-order valence-corrected chi connectivity index (χ3v) is 9.65. The molecule has 1 amide bonds. The second kappa shape index (κ2) is 11.7. The number of furan rings is 1. The van der Waals surface area contributed by atoms with Crippen LogP contribution in [0.1, 0.15) is 82.5 Å². The van der Waals surface area contributed by atoms with Gasteiger partial charge in [0.15, 0.2) is 5.78 Å². The first-order chi connectivity index (χ1) is 18.0. The van der Waals surface area contributed by atoms with E-state index in [1.54, 1.807) is 0 Å². The maximum absolute atomic E-state index is 13.9. The first-order valence-corrected chi connectivity index (χ1v) is 14.5. The third kappa shape index (κ3) is 5.64. The Morgan fingerprint density at radius 2 is 1.81 bits per heavy atom. The summed E-state index contributed by atoms with van der Waals surface area (Å²) >= 11 is 0. The Balaban J connectivity index is 1.33. The number of aliphatic hydroxyl groups excluding tert-OH is 1. The monoisotopic (exact) mass is 511 g/mol. The number of amides is 1. The molecule has 1 unspecified atom stereocenters. The van der Waals surface area contributed by atoms with Crippen LogP contribution >= 0.6 is 0 Å². The molecule has 2 saturated carbocycles. The molecule has 0 spiro atoms. The molecule has 1 N–H and O–H groups in total. The average molecular weight is 512 g/mol. The van der Waals surface area contributed by atoms with Crippen LogP contribution in [0, 0.1) is 29.6 Å². The molecule has 202 valence electrons. The summed E-state index contributed by atoms with van der Waals surface area (Å²) in [4.78, 5) is 29.7. The molecular formula is C31H42FNO4. The number of likely N-dealkylation sites (tertiary alicyclic amines) is 1. The highest BCUT2D eigenvalue weighted by atomic mass is 19.1. The number of fused-ring (bicyclic) bond motifs is 1. The fourth-order valence-electron chi connectivity index (χ4n) is 7.47. The normalized spacial score (nSPS) is 28.0. The van der Waals surface area contributed by atoms with Crippen molar-refractivity contribution in [2.45, 2.75) is 90.2 Å². The molecule has 5 nitrogen and oxygen atoms in total. The second-order valence-electron chi connectivity index (χ2n) is 12.0. The van der Waals surface area contributed by atoms with Crippen LogP contribution in [0.25, 0.3) is 11.0 Å². The lowest BCUT2D eigenvalue weighted by atomic mass is 9.74. The molecule has 1 aromatic heterocycles. The maximum Gasteiger partial charge on any atom is 0.226 e. The van der Waals surface area contributed by atoms with Crippen molar-refractivity contribution in [2.24, 2.45) is 29.6 Å². The summed E-state index contributed by atoms with van der Waals surface area (Å²) in [6.07, 6.45) is 10.7. The molecule has 2 aliphatic carbocycles. The summed E-state index contributed by atoms with van der Waals surface area (Å²) in [5.41, 5.74) is 1.63. The van der Waals surface area contributed by atoms with Gasteiger partial charge in [-0.1, -0.05) is 45.1 Å². The minimum absolute atomic E-state index is 0.0392. The zero-order chi connectivity index (χ0) is 25.9. The van der Waals surface area contributed by atoms with Crippen LogP contribution in [0.15, 0.2) is 28.7 Å². The molecule has 2 aromatic rings. The number of carbonyl (C=O) groups excluding carboxylic acids is 2. The summed E-state index contributed by atoms with van der Waals surface area (Å²) < 4.78 is 18.8. The third-order valence-electron chi connectivity index (χ3n) is 9.65. The molecule has 1 aromatic carbocycles. The van der Waals surface area contributed by atoms with E-state index in [0.717, 1.165) is 55.9 Å². The van der Waals surface area contributed by atoms with Crippen molar-refractivity contribution in [3.8, 4) is 0 Å². The van der Waals surface area contributed by atoms with Crippen LogP contribution in [-0.2, 0) is 22.6 Å². The van der Waals surface area contributed by atoms with Crippen LogP contribution in [0.5, 0.6) is 0 Å². The van der Waals surface area contributed by atoms with Crippen molar-refractivity contribution in [1.82, 2.24) is 4.90 Å². The fraction of sp³-hybridized carbons (Fsp3) is 0.677. The van der Waals surface area contributed by atoms with Gasteiger partial charge in [-0.3, -0.25) is 14.0 Å². The molecular weight excluding hydrogens is 469 g/mol. The van der Waals surface area contributed by atoms with Crippen molar-refractivity contribution in [3.63, 3.8) is 0 Å². The highest BCUT2D eigenvalue weighted by Crippen LogP contribution is 2.42. The number of nitrogens with zero attached hydrogens (tertiary/aromatic N) is 1.